The molecular formula is C10H5NO2. The molecule has 0 N–H and O–H groups in total. The number of nitriles is 1. The molecule has 0 fully saturated rings. The van der Waals surface area contributed by atoms with E-state index in [2.05, 4.69) is 0 Å². The minimum atomic E-state index is -0.182. The van der Waals surface area contributed by atoms with Crippen molar-refractivity contribution in [2.24, 2.45) is 0 Å². The van der Waals surface area contributed by atoms with Crippen molar-refractivity contribution < 1.29 is 4.42 Å². The number of hydrogen-bond donors (Lipinski definition) is 0. The summed E-state index contributed by atoms with van der Waals surface area (Å²) in [5.74, 6) is 0.0451. The van der Waals surface area contributed by atoms with Crippen LogP contribution in [0.3, 0.4) is 0 Å². The molecule has 2 aromatic rings. The van der Waals surface area contributed by atoms with Crippen molar-refractivity contribution in [2.45, 2.75) is 0 Å². The summed E-state index contributed by atoms with van der Waals surface area (Å²) in [6, 6.07) is 9.83. The fourth-order valence-electron chi connectivity index (χ4n) is 1.16. The first-order valence-corrected chi connectivity index (χ1v) is 3.74. The van der Waals surface area contributed by atoms with Crippen LogP contribution >= 0.6 is 0 Å². The summed E-state index contributed by atoms with van der Waals surface area (Å²) in [6.07, 6.45) is 0. The fraction of sp³-hybridized carbons (Fsp3) is 0. The number of rotatable bonds is 0. The first-order chi connectivity index (χ1) is 6.31. The van der Waals surface area contributed by atoms with Crippen LogP contribution in [0.4, 0.5) is 0 Å². The molecule has 1 aromatic carbocycles. The Labute approximate surface area is 73.8 Å². The summed E-state index contributed by atoms with van der Waals surface area (Å²) in [4.78, 5) is 11.3. The van der Waals surface area contributed by atoms with E-state index in [9.17, 15) is 4.79 Å². The summed E-state index contributed by atoms with van der Waals surface area (Å²) in [6.45, 7) is 0. The zero-order chi connectivity index (χ0) is 9.26. The number of hydrogen-bond acceptors (Lipinski definition) is 3. The molecule has 0 unspecified atom stereocenters. The summed E-state index contributed by atoms with van der Waals surface area (Å²) < 4.78 is 5.13. The van der Waals surface area contributed by atoms with Crippen LogP contribution in [0.1, 0.15) is 5.76 Å². The lowest BCUT2D eigenvalue weighted by molar-refractivity contribution is 0.586. The molecule has 2 rings (SSSR count). The van der Waals surface area contributed by atoms with E-state index < -0.39 is 0 Å². The smallest absolute Gasteiger partial charge is 0.207 e. The van der Waals surface area contributed by atoms with Gasteiger partial charge in [0.15, 0.2) is 5.43 Å². The third-order valence-corrected chi connectivity index (χ3v) is 1.74. The molecule has 0 aliphatic heterocycles. The van der Waals surface area contributed by atoms with Crippen LogP contribution in [0.2, 0.25) is 0 Å². The summed E-state index contributed by atoms with van der Waals surface area (Å²) in [5, 5.41) is 9.04. The zero-order valence-electron chi connectivity index (χ0n) is 6.65. The molecule has 0 radical (unpaired) electrons. The maximum absolute atomic E-state index is 11.3. The van der Waals surface area contributed by atoms with Crippen LogP contribution in [0, 0.1) is 11.3 Å². The molecule has 0 aliphatic rings. The van der Waals surface area contributed by atoms with Crippen molar-refractivity contribution in [1.82, 2.24) is 0 Å². The highest BCUT2D eigenvalue weighted by atomic mass is 16.3. The Balaban J connectivity index is 2.95. The molecule has 0 bridgehead atoms. The van der Waals surface area contributed by atoms with E-state index in [4.69, 9.17) is 9.68 Å². The van der Waals surface area contributed by atoms with Crippen LogP contribution in [0.5, 0.6) is 0 Å². The van der Waals surface area contributed by atoms with Gasteiger partial charge in [0.05, 0.1) is 5.39 Å². The molecule has 1 aromatic heterocycles. The van der Waals surface area contributed by atoms with Crippen molar-refractivity contribution in [2.75, 3.05) is 0 Å². The SMILES string of the molecule is N#Cc1cc(=O)c2ccccc2o1. The Hall–Kier alpha value is -2.08. The Kier molecular flexibility index (Phi) is 1.60. The van der Waals surface area contributed by atoms with Crippen LogP contribution in [0.15, 0.2) is 39.5 Å². The van der Waals surface area contributed by atoms with Crippen molar-refractivity contribution in [1.29, 1.82) is 5.26 Å². The van der Waals surface area contributed by atoms with Gasteiger partial charge < -0.3 is 4.42 Å². The predicted octanol–water partition coefficient (Wildman–Crippen LogP) is 1.66. The van der Waals surface area contributed by atoms with Gasteiger partial charge in [0, 0.05) is 6.07 Å². The largest absolute Gasteiger partial charge is 0.445 e. The average Bonchev–Trinajstić information content (AvgIpc) is 2.18. The topological polar surface area (TPSA) is 54.0 Å². The molecule has 3 nitrogen and oxygen atoms in total. The van der Waals surface area contributed by atoms with Crippen LogP contribution in [-0.4, -0.2) is 0 Å². The minimum absolute atomic E-state index is 0.0451. The van der Waals surface area contributed by atoms with E-state index in [0.717, 1.165) is 0 Å². The van der Waals surface area contributed by atoms with E-state index in [1.165, 1.54) is 6.07 Å². The Morgan fingerprint density at radius 3 is 2.85 bits per heavy atom. The lowest BCUT2D eigenvalue weighted by atomic mass is 10.2. The first kappa shape index (κ1) is 7.56. The van der Waals surface area contributed by atoms with Gasteiger partial charge in [-0.3, -0.25) is 4.79 Å². The second kappa shape index (κ2) is 2.76. The molecular weight excluding hydrogens is 166 g/mol. The van der Waals surface area contributed by atoms with E-state index in [-0.39, 0.29) is 11.2 Å². The number of benzene rings is 1. The second-order valence-corrected chi connectivity index (χ2v) is 2.58. The molecule has 0 saturated heterocycles. The van der Waals surface area contributed by atoms with Crippen molar-refractivity contribution in [3.05, 3.63) is 46.3 Å². The lowest BCUT2D eigenvalue weighted by Crippen LogP contribution is -1.99. The van der Waals surface area contributed by atoms with Crippen LogP contribution in [0.25, 0.3) is 11.0 Å². The first-order valence-electron chi connectivity index (χ1n) is 3.74. The Morgan fingerprint density at radius 1 is 1.31 bits per heavy atom. The van der Waals surface area contributed by atoms with Gasteiger partial charge in [-0.05, 0) is 12.1 Å². The summed E-state index contributed by atoms with van der Waals surface area (Å²) >= 11 is 0. The van der Waals surface area contributed by atoms with E-state index in [0.29, 0.717) is 11.0 Å². The summed E-state index contributed by atoms with van der Waals surface area (Å²) in [7, 11) is 0. The molecule has 0 saturated carbocycles. The second-order valence-electron chi connectivity index (χ2n) is 2.58. The maximum atomic E-state index is 11.3. The molecule has 62 valence electrons. The van der Waals surface area contributed by atoms with Gasteiger partial charge in [-0.1, -0.05) is 12.1 Å². The Bertz CT molecular complexity index is 549. The van der Waals surface area contributed by atoms with Gasteiger partial charge in [0.2, 0.25) is 5.76 Å². The molecule has 0 aliphatic carbocycles. The average molecular weight is 171 g/mol. The van der Waals surface area contributed by atoms with Gasteiger partial charge in [-0.15, -0.1) is 0 Å². The lowest BCUT2D eigenvalue weighted by Gasteiger charge is -1.94. The van der Waals surface area contributed by atoms with Gasteiger partial charge in [-0.2, -0.15) is 5.26 Å². The Morgan fingerprint density at radius 2 is 2.08 bits per heavy atom. The third-order valence-electron chi connectivity index (χ3n) is 1.74. The standard InChI is InChI=1S/C10H5NO2/c11-6-7-5-9(12)8-3-1-2-4-10(8)13-7/h1-5H. The maximum Gasteiger partial charge on any atom is 0.207 e. The van der Waals surface area contributed by atoms with E-state index >= 15 is 0 Å². The fourth-order valence-corrected chi connectivity index (χ4v) is 1.16. The minimum Gasteiger partial charge on any atom is -0.445 e. The molecule has 0 atom stereocenters. The monoisotopic (exact) mass is 171 g/mol. The third kappa shape index (κ3) is 1.18. The van der Waals surface area contributed by atoms with Crippen molar-refractivity contribution in [3.8, 4) is 6.07 Å². The zero-order valence-corrected chi connectivity index (χ0v) is 6.65. The summed E-state index contributed by atoms with van der Waals surface area (Å²) in [5.41, 5.74) is 0.268. The normalized spacial score (nSPS) is 9.77. The quantitative estimate of drug-likeness (QED) is 0.605. The molecule has 3 heteroatoms. The highest BCUT2D eigenvalue weighted by molar-refractivity contribution is 5.76. The highest BCUT2D eigenvalue weighted by Gasteiger charge is 2.01. The molecule has 1 heterocycles. The van der Waals surface area contributed by atoms with Crippen molar-refractivity contribution in [3.63, 3.8) is 0 Å². The number of para-hydroxylation sites is 1. The van der Waals surface area contributed by atoms with E-state index in [1.54, 1.807) is 30.3 Å². The highest BCUT2D eigenvalue weighted by Crippen LogP contribution is 2.10. The van der Waals surface area contributed by atoms with E-state index in [1.807, 2.05) is 0 Å². The molecule has 0 spiro atoms. The number of fused-ring (bicyclic) bond motifs is 1. The molecule has 0 amide bonds. The van der Waals surface area contributed by atoms with Gasteiger partial charge in [-0.25, -0.2) is 0 Å². The predicted molar refractivity (Wildman–Crippen MR) is 47.2 cm³/mol. The van der Waals surface area contributed by atoms with Crippen molar-refractivity contribution >= 4 is 11.0 Å². The van der Waals surface area contributed by atoms with Crippen LogP contribution in [-0.2, 0) is 0 Å². The molecule has 13 heavy (non-hydrogen) atoms. The van der Waals surface area contributed by atoms with Gasteiger partial charge in [0.1, 0.15) is 11.7 Å². The van der Waals surface area contributed by atoms with Gasteiger partial charge >= 0.3 is 0 Å². The number of nitrogens with zero attached hydrogens (tertiary/aromatic N) is 1. The van der Waals surface area contributed by atoms with Gasteiger partial charge in [0.25, 0.3) is 0 Å². The van der Waals surface area contributed by atoms with Crippen LogP contribution < -0.4 is 5.43 Å².